The molecule has 1 saturated heterocycles. The van der Waals surface area contributed by atoms with Crippen molar-refractivity contribution in [3.63, 3.8) is 0 Å². The third-order valence-electron chi connectivity index (χ3n) is 5.04. The zero-order valence-electron chi connectivity index (χ0n) is 16.3. The summed E-state index contributed by atoms with van der Waals surface area (Å²) < 4.78 is 27.3. The quantitative estimate of drug-likeness (QED) is 0.747. The predicted octanol–water partition coefficient (Wildman–Crippen LogP) is 3.56. The number of piperazine rings is 1. The van der Waals surface area contributed by atoms with Gasteiger partial charge in [0.25, 0.3) is 0 Å². The molecule has 0 saturated carbocycles. The molecule has 0 radical (unpaired) electrons. The fourth-order valence-electron chi connectivity index (χ4n) is 3.14. The van der Waals surface area contributed by atoms with Gasteiger partial charge in [-0.15, -0.1) is 0 Å². The number of anilines is 1. The number of sulfonamides is 1. The highest BCUT2D eigenvalue weighted by atomic mass is 35.5. The number of rotatable bonds is 5. The van der Waals surface area contributed by atoms with Gasteiger partial charge in [-0.25, -0.2) is 8.42 Å². The van der Waals surface area contributed by atoms with Gasteiger partial charge in [0.15, 0.2) is 0 Å². The molecule has 0 unspecified atom stereocenters. The highest BCUT2D eigenvalue weighted by molar-refractivity contribution is 7.89. The lowest BCUT2D eigenvalue weighted by Gasteiger charge is -2.33. The second-order valence-electron chi connectivity index (χ2n) is 7.08. The van der Waals surface area contributed by atoms with Crippen LogP contribution in [-0.2, 0) is 14.8 Å². The Labute approximate surface area is 181 Å². The Morgan fingerprint density at radius 3 is 2.38 bits per heavy atom. The van der Waals surface area contributed by atoms with Crippen LogP contribution in [0.4, 0.5) is 5.69 Å². The molecule has 2 aromatic carbocycles. The summed E-state index contributed by atoms with van der Waals surface area (Å²) in [4.78, 5) is 14.6. The van der Waals surface area contributed by atoms with E-state index in [1.807, 2.05) is 24.8 Å². The number of halogens is 2. The zero-order chi connectivity index (χ0) is 21.2. The number of hydrogen-bond donors (Lipinski definition) is 1. The summed E-state index contributed by atoms with van der Waals surface area (Å²) in [5.41, 5.74) is 2.46. The van der Waals surface area contributed by atoms with Gasteiger partial charge in [0, 0.05) is 26.2 Å². The van der Waals surface area contributed by atoms with Crippen LogP contribution in [-0.4, -0.2) is 56.3 Å². The minimum atomic E-state index is -3.54. The Morgan fingerprint density at radius 2 is 1.72 bits per heavy atom. The Balaban J connectivity index is 1.58. The van der Waals surface area contributed by atoms with Crippen LogP contribution in [0.3, 0.4) is 0 Å². The van der Waals surface area contributed by atoms with Crippen LogP contribution in [0.25, 0.3) is 0 Å². The van der Waals surface area contributed by atoms with E-state index in [4.69, 9.17) is 23.2 Å². The van der Waals surface area contributed by atoms with E-state index in [1.165, 1.54) is 4.31 Å². The molecular formula is C20H23Cl2N3O3S. The van der Waals surface area contributed by atoms with Crippen LogP contribution in [0.2, 0.25) is 10.0 Å². The molecule has 0 bridgehead atoms. The van der Waals surface area contributed by atoms with Crippen molar-refractivity contribution in [2.24, 2.45) is 0 Å². The van der Waals surface area contributed by atoms with Gasteiger partial charge < -0.3 is 5.32 Å². The van der Waals surface area contributed by atoms with E-state index in [0.717, 1.165) is 11.1 Å². The molecule has 1 N–H and O–H groups in total. The zero-order valence-corrected chi connectivity index (χ0v) is 18.6. The SMILES string of the molecule is Cc1ccc(S(=O)(=O)N2CCN(CC(=O)Nc3cccc(Cl)c3Cl)CC2)cc1C. The third-order valence-corrected chi connectivity index (χ3v) is 7.75. The van der Waals surface area contributed by atoms with Crippen LogP contribution in [0.5, 0.6) is 0 Å². The van der Waals surface area contributed by atoms with Gasteiger partial charge in [-0.1, -0.05) is 35.3 Å². The van der Waals surface area contributed by atoms with E-state index in [0.29, 0.717) is 46.8 Å². The molecular weight excluding hydrogens is 433 g/mol. The van der Waals surface area contributed by atoms with Gasteiger partial charge in [0.05, 0.1) is 27.2 Å². The molecule has 1 amide bonds. The van der Waals surface area contributed by atoms with Gasteiger partial charge in [0.1, 0.15) is 0 Å². The molecule has 6 nitrogen and oxygen atoms in total. The number of carbonyl (C=O) groups excluding carboxylic acids is 1. The number of hydrogen-bond acceptors (Lipinski definition) is 4. The van der Waals surface area contributed by atoms with Crippen LogP contribution >= 0.6 is 23.2 Å². The maximum Gasteiger partial charge on any atom is 0.243 e. The lowest BCUT2D eigenvalue weighted by Crippen LogP contribution is -2.50. The first kappa shape index (κ1) is 22.1. The van der Waals surface area contributed by atoms with Gasteiger partial charge in [0.2, 0.25) is 15.9 Å². The Morgan fingerprint density at radius 1 is 1.03 bits per heavy atom. The predicted molar refractivity (Wildman–Crippen MR) is 116 cm³/mol. The second-order valence-corrected chi connectivity index (χ2v) is 9.80. The van der Waals surface area contributed by atoms with Gasteiger partial charge >= 0.3 is 0 Å². The summed E-state index contributed by atoms with van der Waals surface area (Å²) in [5.74, 6) is -0.223. The maximum absolute atomic E-state index is 12.9. The van der Waals surface area contributed by atoms with Crippen LogP contribution < -0.4 is 5.32 Å². The first-order chi connectivity index (χ1) is 13.7. The molecule has 1 heterocycles. The average Bonchev–Trinajstić information content (AvgIpc) is 2.68. The number of amides is 1. The maximum atomic E-state index is 12.9. The topological polar surface area (TPSA) is 69.7 Å². The smallest absolute Gasteiger partial charge is 0.243 e. The molecule has 1 aliphatic heterocycles. The van der Waals surface area contributed by atoms with Crippen LogP contribution in [0.1, 0.15) is 11.1 Å². The normalized spacial score (nSPS) is 16.0. The first-order valence-corrected chi connectivity index (χ1v) is 11.4. The van der Waals surface area contributed by atoms with Crippen molar-refractivity contribution in [1.82, 2.24) is 9.21 Å². The molecule has 0 atom stereocenters. The van der Waals surface area contributed by atoms with E-state index >= 15 is 0 Å². The number of aryl methyl sites for hydroxylation is 2. The van der Waals surface area contributed by atoms with E-state index in [2.05, 4.69) is 5.32 Å². The fraction of sp³-hybridized carbons (Fsp3) is 0.350. The van der Waals surface area contributed by atoms with Gasteiger partial charge in [-0.2, -0.15) is 4.31 Å². The van der Waals surface area contributed by atoms with E-state index in [9.17, 15) is 13.2 Å². The van der Waals surface area contributed by atoms with E-state index in [-0.39, 0.29) is 12.5 Å². The molecule has 29 heavy (non-hydrogen) atoms. The van der Waals surface area contributed by atoms with Crippen molar-refractivity contribution in [2.75, 3.05) is 38.0 Å². The van der Waals surface area contributed by atoms with Crippen LogP contribution in [0.15, 0.2) is 41.3 Å². The molecule has 2 aromatic rings. The lowest BCUT2D eigenvalue weighted by atomic mass is 10.1. The fourth-order valence-corrected chi connectivity index (χ4v) is 5.00. The summed E-state index contributed by atoms with van der Waals surface area (Å²) in [6.45, 7) is 5.62. The number of carbonyl (C=O) groups is 1. The van der Waals surface area contributed by atoms with Crippen molar-refractivity contribution >= 4 is 44.8 Å². The molecule has 0 aliphatic carbocycles. The third kappa shape index (κ3) is 5.10. The molecule has 3 rings (SSSR count). The van der Waals surface area contributed by atoms with Gasteiger partial charge in [-0.3, -0.25) is 9.69 Å². The van der Waals surface area contributed by atoms with Gasteiger partial charge in [-0.05, 0) is 49.2 Å². The summed E-state index contributed by atoms with van der Waals surface area (Å²) >= 11 is 12.1. The Hall–Kier alpha value is -1.64. The molecule has 0 spiro atoms. The molecule has 1 fully saturated rings. The summed E-state index contributed by atoms with van der Waals surface area (Å²) in [7, 11) is -3.54. The van der Waals surface area contributed by atoms with Crippen molar-refractivity contribution in [3.05, 3.63) is 57.6 Å². The summed E-state index contributed by atoms with van der Waals surface area (Å²) in [6.07, 6.45) is 0. The largest absolute Gasteiger partial charge is 0.324 e. The van der Waals surface area contributed by atoms with Crippen molar-refractivity contribution in [3.8, 4) is 0 Å². The van der Waals surface area contributed by atoms with Crippen molar-refractivity contribution < 1.29 is 13.2 Å². The molecule has 156 valence electrons. The number of benzene rings is 2. The summed E-state index contributed by atoms with van der Waals surface area (Å²) in [5, 5.41) is 3.42. The Bertz CT molecular complexity index is 1020. The monoisotopic (exact) mass is 455 g/mol. The van der Waals surface area contributed by atoms with E-state index in [1.54, 1.807) is 30.3 Å². The number of nitrogens with one attached hydrogen (secondary N) is 1. The second kappa shape index (κ2) is 9.02. The Kier molecular flexibility index (Phi) is 6.86. The molecule has 1 aliphatic rings. The van der Waals surface area contributed by atoms with Crippen molar-refractivity contribution in [1.29, 1.82) is 0 Å². The molecule has 9 heteroatoms. The molecule has 0 aromatic heterocycles. The highest BCUT2D eigenvalue weighted by Gasteiger charge is 2.29. The van der Waals surface area contributed by atoms with E-state index < -0.39 is 10.0 Å². The van der Waals surface area contributed by atoms with Crippen LogP contribution in [0, 0.1) is 13.8 Å². The minimum absolute atomic E-state index is 0.153. The number of nitrogens with zero attached hydrogens (tertiary/aromatic N) is 2. The van der Waals surface area contributed by atoms with Crippen molar-refractivity contribution in [2.45, 2.75) is 18.7 Å². The summed E-state index contributed by atoms with van der Waals surface area (Å²) in [6, 6.07) is 10.2. The lowest BCUT2D eigenvalue weighted by molar-refractivity contribution is -0.117. The highest BCUT2D eigenvalue weighted by Crippen LogP contribution is 2.29. The average molecular weight is 456 g/mol. The minimum Gasteiger partial charge on any atom is -0.324 e. The first-order valence-electron chi connectivity index (χ1n) is 9.22. The standard InChI is InChI=1S/C20H23Cl2N3O3S/c1-14-6-7-16(12-15(14)2)29(27,28)25-10-8-24(9-11-25)13-19(26)23-18-5-3-4-17(21)20(18)22/h3-7,12H,8-11,13H2,1-2H3,(H,23,26).